The summed E-state index contributed by atoms with van der Waals surface area (Å²) in [6, 6.07) is 0. The maximum atomic E-state index is 10.4. The largest absolute Gasteiger partial charge is 0.304 e. The molecule has 1 N–H and O–H groups in total. The molecule has 1 saturated heterocycles. The summed E-state index contributed by atoms with van der Waals surface area (Å²) in [7, 11) is 0. The number of hydrogen-bond acceptors (Lipinski definition) is 3. The smallest absolute Gasteiger partial charge is 0.236 e. The third-order valence-corrected chi connectivity index (χ3v) is 1.64. The fraction of sp³-hybridized carbons (Fsp3) is 0.250. The third kappa shape index (κ3) is 1.53. The molecule has 0 aromatic rings. The lowest BCUT2D eigenvalue weighted by Crippen LogP contribution is -2.20. The summed E-state index contributed by atoms with van der Waals surface area (Å²) in [5, 5.41) is 2.80. The Kier molecular flexibility index (Phi) is 1.84. The maximum Gasteiger partial charge on any atom is 0.236 e. The normalized spacial score (nSPS) is 22.2. The first-order valence-electron chi connectivity index (χ1n) is 2.27. The minimum absolute atomic E-state index is 0.0967. The first-order chi connectivity index (χ1) is 4.33. The molecule has 0 radical (unpaired) electrons. The highest BCUT2D eigenvalue weighted by molar-refractivity contribution is 8.15. The quantitative estimate of drug-likeness (QED) is 0.498. The van der Waals surface area contributed by atoms with E-state index in [0.29, 0.717) is 17.3 Å². The summed E-state index contributed by atoms with van der Waals surface area (Å²) in [6.45, 7) is 0. The SMILES string of the molecule is O=CN=C1NC(=O)CS1. The summed E-state index contributed by atoms with van der Waals surface area (Å²) in [6.07, 6.45) is 0.411. The molecule has 0 saturated carbocycles. The van der Waals surface area contributed by atoms with Crippen LogP contribution in [0.4, 0.5) is 0 Å². The lowest BCUT2D eigenvalue weighted by Gasteiger charge is -1.86. The van der Waals surface area contributed by atoms with E-state index in [1.165, 1.54) is 11.8 Å². The van der Waals surface area contributed by atoms with Gasteiger partial charge in [-0.3, -0.25) is 9.59 Å². The van der Waals surface area contributed by atoms with E-state index in [1.807, 2.05) is 0 Å². The van der Waals surface area contributed by atoms with E-state index in [4.69, 9.17) is 0 Å². The van der Waals surface area contributed by atoms with Crippen molar-refractivity contribution in [2.75, 3.05) is 5.75 Å². The average molecular weight is 144 g/mol. The lowest BCUT2D eigenvalue weighted by molar-refractivity contribution is -0.116. The van der Waals surface area contributed by atoms with E-state index in [1.54, 1.807) is 0 Å². The number of aliphatic imine (C=N–C) groups is 1. The van der Waals surface area contributed by atoms with Crippen molar-refractivity contribution in [3.05, 3.63) is 0 Å². The van der Waals surface area contributed by atoms with Crippen LogP contribution in [-0.4, -0.2) is 23.2 Å². The highest BCUT2D eigenvalue weighted by Crippen LogP contribution is 2.07. The van der Waals surface area contributed by atoms with Crippen molar-refractivity contribution in [1.82, 2.24) is 5.32 Å². The van der Waals surface area contributed by atoms with Crippen molar-refractivity contribution in [1.29, 1.82) is 0 Å². The van der Waals surface area contributed by atoms with Crippen LogP contribution in [0.5, 0.6) is 0 Å². The molecule has 1 rings (SSSR count). The van der Waals surface area contributed by atoms with Gasteiger partial charge in [0.05, 0.1) is 5.75 Å². The average Bonchev–Trinajstić information content (AvgIpc) is 2.17. The zero-order valence-electron chi connectivity index (χ0n) is 4.46. The van der Waals surface area contributed by atoms with Crippen molar-refractivity contribution in [3.63, 3.8) is 0 Å². The fourth-order valence-corrected chi connectivity index (χ4v) is 1.09. The molecule has 1 aliphatic heterocycles. The maximum absolute atomic E-state index is 10.4. The number of carbonyl (C=O) groups is 2. The molecule has 5 heteroatoms. The van der Waals surface area contributed by atoms with Crippen molar-refractivity contribution in [3.8, 4) is 0 Å². The van der Waals surface area contributed by atoms with Gasteiger partial charge in [0.15, 0.2) is 5.17 Å². The number of nitrogens with one attached hydrogen (secondary N) is 1. The summed E-state index contributed by atoms with van der Waals surface area (Å²) >= 11 is 1.23. The van der Waals surface area contributed by atoms with Crippen LogP contribution >= 0.6 is 11.8 Å². The van der Waals surface area contributed by atoms with Crippen LogP contribution in [0.2, 0.25) is 0 Å². The first-order valence-corrected chi connectivity index (χ1v) is 3.25. The van der Waals surface area contributed by atoms with E-state index in [-0.39, 0.29) is 5.91 Å². The van der Waals surface area contributed by atoms with Crippen LogP contribution in [0.25, 0.3) is 0 Å². The predicted octanol–water partition coefficient (Wildman–Crippen LogP) is -0.638. The molecule has 2 amide bonds. The Morgan fingerprint density at radius 3 is 3.00 bits per heavy atom. The second-order valence-electron chi connectivity index (χ2n) is 1.38. The number of hydrogen-bond donors (Lipinski definition) is 1. The number of rotatable bonds is 1. The van der Waals surface area contributed by atoms with E-state index in [2.05, 4.69) is 10.3 Å². The van der Waals surface area contributed by atoms with Gasteiger partial charge in [-0.15, -0.1) is 0 Å². The van der Waals surface area contributed by atoms with E-state index in [9.17, 15) is 9.59 Å². The minimum atomic E-state index is -0.0967. The van der Waals surface area contributed by atoms with Crippen molar-refractivity contribution in [2.45, 2.75) is 0 Å². The Morgan fingerprint density at radius 2 is 2.56 bits per heavy atom. The van der Waals surface area contributed by atoms with Crippen LogP contribution in [0.1, 0.15) is 0 Å². The van der Waals surface area contributed by atoms with Gasteiger partial charge < -0.3 is 5.32 Å². The van der Waals surface area contributed by atoms with Crippen molar-refractivity contribution >= 4 is 29.2 Å². The molecule has 1 fully saturated rings. The fourth-order valence-electron chi connectivity index (χ4n) is 0.443. The summed E-state index contributed by atoms with van der Waals surface area (Å²) < 4.78 is 0. The third-order valence-electron chi connectivity index (χ3n) is 0.756. The molecule has 4 nitrogen and oxygen atoms in total. The summed E-state index contributed by atoms with van der Waals surface area (Å²) in [4.78, 5) is 23.5. The second kappa shape index (κ2) is 2.63. The molecular formula is C4H4N2O2S. The lowest BCUT2D eigenvalue weighted by atomic mass is 10.7. The Labute approximate surface area is 55.7 Å². The predicted molar refractivity (Wildman–Crippen MR) is 34.1 cm³/mol. The van der Waals surface area contributed by atoms with E-state index in [0.717, 1.165) is 0 Å². The Morgan fingerprint density at radius 1 is 1.78 bits per heavy atom. The zero-order chi connectivity index (χ0) is 6.69. The van der Waals surface area contributed by atoms with Crippen LogP contribution in [0.3, 0.4) is 0 Å². The molecule has 0 aromatic carbocycles. The van der Waals surface area contributed by atoms with Crippen LogP contribution < -0.4 is 5.32 Å². The Balaban J connectivity index is 2.57. The molecule has 0 unspecified atom stereocenters. The number of thioether (sulfide) groups is 1. The van der Waals surface area contributed by atoms with E-state index < -0.39 is 0 Å². The second-order valence-corrected chi connectivity index (χ2v) is 2.34. The van der Waals surface area contributed by atoms with Gasteiger partial charge in [-0.25, -0.2) is 0 Å². The molecule has 0 spiro atoms. The molecule has 0 aromatic heterocycles. The molecule has 9 heavy (non-hydrogen) atoms. The Bertz CT molecular complexity index is 177. The summed E-state index contributed by atoms with van der Waals surface area (Å²) in [5.41, 5.74) is 0. The van der Waals surface area contributed by atoms with Gasteiger partial charge in [0.1, 0.15) is 0 Å². The number of amides is 2. The van der Waals surface area contributed by atoms with Crippen molar-refractivity contribution < 1.29 is 9.59 Å². The summed E-state index contributed by atoms with van der Waals surface area (Å²) in [5.74, 6) is 0.271. The van der Waals surface area contributed by atoms with Crippen LogP contribution in [0, 0.1) is 0 Å². The zero-order valence-corrected chi connectivity index (χ0v) is 5.27. The van der Waals surface area contributed by atoms with Gasteiger partial charge in [0.25, 0.3) is 0 Å². The monoisotopic (exact) mass is 144 g/mol. The number of nitrogens with zero attached hydrogens (tertiary/aromatic N) is 1. The molecule has 48 valence electrons. The molecule has 1 heterocycles. The molecule has 0 aliphatic carbocycles. The standard InChI is InChI=1S/C4H4N2O2S/c7-2-5-4-6-3(8)1-9-4/h2H,1H2,(H,5,6,7,8). The van der Waals surface area contributed by atoms with Gasteiger partial charge in [-0.1, -0.05) is 11.8 Å². The topological polar surface area (TPSA) is 58.5 Å². The molecule has 0 bridgehead atoms. The highest BCUT2D eigenvalue weighted by atomic mass is 32.2. The number of carbonyl (C=O) groups excluding carboxylic acids is 2. The van der Waals surface area contributed by atoms with Gasteiger partial charge in [-0.05, 0) is 0 Å². The van der Waals surface area contributed by atoms with Gasteiger partial charge in [0, 0.05) is 0 Å². The van der Waals surface area contributed by atoms with Gasteiger partial charge in [0.2, 0.25) is 12.3 Å². The number of amidine groups is 1. The Hall–Kier alpha value is -0.840. The van der Waals surface area contributed by atoms with Crippen LogP contribution in [0.15, 0.2) is 4.99 Å². The van der Waals surface area contributed by atoms with Gasteiger partial charge in [-0.2, -0.15) is 4.99 Å². The minimum Gasteiger partial charge on any atom is -0.304 e. The van der Waals surface area contributed by atoms with E-state index >= 15 is 0 Å². The molecular weight excluding hydrogens is 140 g/mol. The molecule has 0 atom stereocenters. The molecule has 1 aliphatic rings. The van der Waals surface area contributed by atoms with Crippen LogP contribution in [-0.2, 0) is 9.59 Å². The first kappa shape index (κ1) is 6.28. The van der Waals surface area contributed by atoms with Gasteiger partial charge >= 0.3 is 0 Å². The van der Waals surface area contributed by atoms with Crippen molar-refractivity contribution in [2.24, 2.45) is 4.99 Å². The highest BCUT2D eigenvalue weighted by Gasteiger charge is 2.15.